The van der Waals surface area contributed by atoms with Crippen molar-refractivity contribution in [3.05, 3.63) is 23.9 Å². The standard InChI is InChI=1S/C12H20N2O2/c1-9(8-15)10(2)13-6-11-4-5-12(16-3)14-7-11/h4-5,7,9-10,13,15H,6,8H2,1-3H3. The lowest BCUT2D eigenvalue weighted by molar-refractivity contribution is 0.207. The Hall–Kier alpha value is -1.13. The van der Waals surface area contributed by atoms with Crippen LogP contribution in [0.25, 0.3) is 0 Å². The monoisotopic (exact) mass is 224 g/mol. The van der Waals surface area contributed by atoms with Gasteiger partial charge < -0.3 is 15.2 Å². The average molecular weight is 224 g/mol. The molecule has 1 aromatic rings. The predicted octanol–water partition coefficient (Wildman–Crippen LogP) is 1.20. The Bertz CT molecular complexity index is 300. The molecule has 0 spiro atoms. The summed E-state index contributed by atoms with van der Waals surface area (Å²) in [5.74, 6) is 0.881. The van der Waals surface area contributed by atoms with Gasteiger partial charge in [0.15, 0.2) is 0 Å². The molecule has 0 saturated heterocycles. The Morgan fingerprint density at radius 3 is 2.69 bits per heavy atom. The smallest absolute Gasteiger partial charge is 0.212 e. The molecule has 2 atom stereocenters. The summed E-state index contributed by atoms with van der Waals surface area (Å²) in [4.78, 5) is 4.13. The van der Waals surface area contributed by atoms with Crippen molar-refractivity contribution in [3.63, 3.8) is 0 Å². The first-order valence-corrected chi connectivity index (χ1v) is 5.50. The van der Waals surface area contributed by atoms with Gasteiger partial charge in [-0.15, -0.1) is 0 Å². The van der Waals surface area contributed by atoms with E-state index >= 15 is 0 Å². The highest BCUT2D eigenvalue weighted by Gasteiger charge is 2.09. The van der Waals surface area contributed by atoms with Crippen molar-refractivity contribution >= 4 is 0 Å². The molecule has 0 aromatic carbocycles. The van der Waals surface area contributed by atoms with E-state index in [9.17, 15) is 0 Å². The molecule has 1 heterocycles. The van der Waals surface area contributed by atoms with Gasteiger partial charge >= 0.3 is 0 Å². The number of rotatable bonds is 6. The second-order valence-electron chi connectivity index (χ2n) is 4.04. The Labute approximate surface area is 96.7 Å². The van der Waals surface area contributed by atoms with E-state index in [4.69, 9.17) is 9.84 Å². The molecule has 0 aliphatic heterocycles. The highest BCUT2D eigenvalue weighted by Crippen LogP contribution is 2.07. The molecule has 90 valence electrons. The van der Waals surface area contributed by atoms with Gasteiger partial charge in [0.2, 0.25) is 5.88 Å². The third-order valence-corrected chi connectivity index (χ3v) is 2.78. The van der Waals surface area contributed by atoms with Crippen LogP contribution in [0.3, 0.4) is 0 Å². The number of methoxy groups -OCH3 is 1. The second-order valence-corrected chi connectivity index (χ2v) is 4.04. The molecule has 4 heteroatoms. The summed E-state index contributed by atoms with van der Waals surface area (Å²) in [6, 6.07) is 4.11. The molecule has 0 radical (unpaired) electrons. The number of hydrogen-bond acceptors (Lipinski definition) is 4. The Balaban J connectivity index is 2.42. The number of aliphatic hydroxyl groups is 1. The van der Waals surface area contributed by atoms with E-state index in [1.807, 2.05) is 19.1 Å². The fourth-order valence-corrected chi connectivity index (χ4v) is 1.27. The summed E-state index contributed by atoms with van der Waals surface area (Å²) in [5, 5.41) is 12.3. The zero-order valence-corrected chi connectivity index (χ0v) is 10.1. The van der Waals surface area contributed by atoms with Crippen molar-refractivity contribution < 1.29 is 9.84 Å². The van der Waals surface area contributed by atoms with E-state index in [1.54, 1.807) is 13.3 Å². The molecular weight excluding hydrogens is 204 g/mol. The highest BCUT2D eigenvalue weighted by atomic mass is 16.5. The van der Waals surface area contributed by atoms with Gasteiger partial charge in [0.05, 0.1) is 7.11 Å². The van der Waals surface area contributed by atoms with Crippen LogP contribution in [-0.4, -0.2) is 29.8 Å². The van der Waals surface area contributed by atoms with Crippen LogP contribution < -0.4 is 10.1 Å². The average Bonchev–Trinajstić information content (AvgIpc) is 2.35. The van der Waals surface area contributed by atoms with Gasteiger partial charge in [-0.3, -0.25) is 0 Å². The van der Waals surface area contributed by atoms with E-state index in [0.29, 0.717) is 5.88 Å². The summed E-state index contributed by atoms with van der Waals surface area (Å²) >= 11 is 0. The van der Waals surface area contributed by atoms with Crippen molar-refractivity contribution in [3.8, 4) is 5.88 Å². The quantitative estimate of drug-likeness (QED) is 0.762. The van der Waals surface area contributed by atoms with Crippen molar-refractivity contribution in [2.75, 3.05) is 13.7 Å². The van der Waals surface area contributed by atoms with Crippen molar-refractivity contribution in [2.24, 2.45) is 5.92 Å². The van der Waals surface area contributed by atoms with Crippen LogP contribution in [0, 0.1) is 5.92 Å². The zero-order chi connectivity index (χ0) is 12.0. The van der Waals surface area contributed by atoms with Crippen LogP contribution in [0.2, 0.25) is 0 Å². The fraction of sp³-hybridized carbons (Fsp3) is 0.583. The van der Waals surface area contributed by atoms with Crippen LogP contribution in [0.5, 0.6) is 5.88 Å². The first-order chi connectivity index (χ1) is 7.67. The lowest BCUT2D eigenvalue weighted by Gasteiger charge is -2.19. The first-order valence-electron chi connectivity index (χ1n) is 5.50. The molecule has 0 saturated carbocycles. The van der Waals surface area contributed by atoms with E-state index < -0.39 is 0 Å². The minimum Gasteiger partial charge on any atom is -0.481 e. The maximum atomic E-state index is 9.00. The SMILES string of the molecule is COc1ccc(CNC(C)C(C)CO)cn1. The summed E-state index contributed by atoms with van der Waals surface area (Å²) in [5.41, 5.74) is 1.11. The number of aliphatic hydroxyl groups excluding tert-OH is 1. The van der Waals surface area contributed by atoms with Crippen LogP contribution in [0.15, 0.2) is 18.3 Å². The van der Waals surface area contributed by atoms with Crippen LogP contribution in [-0.2, 0) is 6.54 Å². The van der Waals surface area contributed by atoms with Gasteiger partial charge in [0.25, 0.3) is 0 Å². The number of hydrogen-bond donors (Lipinski definition) is 2. The number of nitrogens with one attached hydrogen (secondary N) is 1. The Morgan fingerprint density at radius 1 is 1.44 bits per heavy atom. The molecule has 0 aliphatic carbocycles. The molecular formula is C12H20N2O2. The lowest BCUT2D eigenvalue weighted by Crippen LogP contribution is -2.33. The van der Waals surface area contributed by atoms with E-state index in [0.717, 1.165) is 12.1 Å². The Kier molecular flexibility index (Phi) is 5.22. The van der Waals surface area contributed by atoms with Gasteiger partial charge in [0.1, 0.15) is 0 Å². The zero-order valence-electron chi connectivity index (χ0n) is 10.1. The topological polar surface area (TPSA) is 54.4 Å². The van der Waals surface area contributed by atoms with E-state index in [2.05, 4.69) is 17.2 Å². The minimum atomic E-state index is 0.203. The van der Waals surface area contributed by atoms with Crippen molar-refractivity contribution in [1.82, 2.24) is 10.3 Å². The van der Waals surface area contributed by atoms with Gasteiger partial charge in [-0.2, -0.15) is 0 Å². The molecule has 4 nitrogen and oxygen atoms in total. The maximum Gasteiger partial charge on any atom is 0.212 e. The third-order valence-electron chi connectivity index (χ3n) is 2.78. The maximum absolute atomic E-state index is 9.00. The molecule has 16 heavy (non-hydrogen) atoms. The summed E-state index contributed by atoms with van der Waals surface area (Å²) in [6.07, 6.45) is 1.79. The van der Waals surface area contributed by atoms with E-state index in [-0.39, 0.29) is 18.6 Å². The van der Waals surface area contributed by atoms with Crippen molar-refractivity contribution in [2.45, 2.75) is 26.4 Å². The molecule has 0 aliphatic rings. The second kappa shape index (κ2) is 6.45. The third kappa shape index (κ3) is 3.79. The normalized spacial score (nSPS) is 14.5. The summed E-state index contributed by atoms with van der Waals surface area (Å²) in [6.45, 7) is 5.04. The molecule has 1 rings (SSSR count). The minimum absolute atomic E-state index is 0.203. The van der Waals surface area contributed by atoms with Gasteiger partial charge in [-0.25, -0.2) is 4.98 Å². The van der Waals surface area contributed by atoms with Crippen molar-refractivity contribution in [1.29, 1.82) is 0 Å². The van der Waals surface area contributed by atoms with E-state index in [1.165, 1.54) is 0 Å². The van der Waals surface area contributed by atoms with Crippen LogP contribution in [0.1, 0.15) is 19.4 Å². The molecule has 0 amide bonds. The lowest BCUT2D eigenvalue weighted by atomic mass is 10.1. The number of nitrogens with zero attached hydrogens (tertiary/aromatic N) is 1. The molecule has 0 fully saturated rings. The highest BCUT2D eigenvalue weighted by molar-refractivity contribution is 5.17. The molecule has 0 bridgehead atoms. The Morgan fingerprint density at radius 2 is 2.19 bits per heavy atom. The number of aromatic nitrogens is 1. The first kappa shape index (κ1) is 12.9. The number of ether oxygens (including phenoxy) is 1. The molecule has 2 N–H and O–H groups in total. The number of pyridine rings is 1. The van der Waals surface area contributed by atoms with Gasteiger partial charge in [-0.1, -0.05) is 13.0 Å². The largest absolute Gasteiger partial charge is 0.481 e. The molecule has 2 unspecified atom stereocenters. The van der Waals surface area contributed by atoms with Crippen LogP contribution in [0.4, 0.5) is 0 Å². The molecule has 1 aromatic heterocycles. The predicted molar refractivity (Wildman–Crippen MR) is 63.3 cm³/mol. The van der Waals surface area contributed by atoms with Gasteiger partial charge in [0, 0.05) is 31.5 Å². The summed E-state index contributed by atoms with van der Waals surface area (Å²) < 4.78 is 4.99. The van der Waals surface area contributed by atoms with Crippen LogP contribution >= 0.6 is 0 Å². The summed E-state index contributed by atoms with van der Waals surface area (Å²) in [7, 11) is 1.60. The van der Waals surface area contributed by atoms with Gasteiger partial charge in [-0.05, 0) is 18.4 Å². The fourth-order valence-electron chi connectivity index (χ4n) is 1.27.